The molecule has 0 saturated carbocycles. The Morgan fingerprint density at radius 1 is 0.960 bits per heavy atom. The standard InChI is InChI=1S/C18H21NO4S2/c1-19(12-15-8-4-2-5-9-15)17-13-24(20,21)14-18(17)25(22,23)16-10-6-3-7-11-16/h2-11,17-18H,12-14H2,1H3/t17-,18-/m1/s1. The van der Waals surface area contributed by atoms with Crippen LogP contribution in [0.15, 0.2) is 65.6 Å². The van der Waals surface area contributed by atoms with Gasteiger partial charge in [-0.3, -0.25) is 4.90 Å². The fraction of sp³-hybridized carbons (Fsp3) is 0.333. The summed E-state index contributed by atoms with van der Waals surface area (Å²) in [7, 11) is -5.33. The van der Waals surface area contributed by atoms with Crippen molar-refractivity contribution in [1.82, 2.24) is 4.90 Å². The van der Waals surface area contributed by atoms with Crippen LogP contribution in [0.5, 0.6) is 0 Å². The van der Waals surface area contributed by atoms with E-state index in [0.717, 1.165) is 5.56 Å². The maximum Gasteiger partial charge on any atom is 0.183 e. The van der Waals surface area contributed by atoms with Crippen LogP contribution in [-0.4, -0.2) is 51.6 Å². The van der Waals surface area contributed by atoms with Crippen molar-refractivity contribution >= 4 is 19.7 Å². The van der Waals surface area contributed by atoms with Gasteiger partial charge in [0.15, 0.2) is 19.7 Å². The molecule has 0 aromatic heterocycles. The molecule has 0 amide bonds. The van der Waals surface area contributed by atoms with Gasteiger partial charge in [-0.15, -0.1) is 0 Å². The van der Waals surface area contributed by atoms with Crippen molar-refractivity contribution in [2.75, 3.05) is 18.6 Å². The van der Waals surface area contributed by atoms with Gasteiger partial charge < -0.3 is 0 Å². The Morgan fingerprint density at radius 2 is 1.52 bits per heavy atom. The fourth-order valence-corrected chi connectivity index (χ4v) is 8.21. The first-order valence-electron chi connectivity index (χ1n) is 8.03. The first-order valence-corrected chi connectivity index (χ1v) is 11.4. The lowest BCUT2D eigenvalue weighted by molar-refractivity contribution is 0.255. The van der Waals surface area contributed by atoms with Crippen molar-refractivity contribution in [3.05, 3.63) is 66.2 Å². The topological polar surface area (TPSA) is 71.5 Å². The summed E-state index contributed by atoms with van der Waals surface area (Å²) in [5.74, 6) is -0.457. The highest BCUT2D eigenvalue weighted by molar-refractivity contribution is 7.96. The molecular weight excluding hydrogens is 358 g/mol. The van der Waals surface area contributed by atoms with Gasteiger partial charge in [-0.2, -0.15) is 0 Å². The SMILES string of the molecule is CN(Cc1ccccc1)[C@@H]1CS(=O)(=O)C[C@H]1S(=O)(=O)c1ccccc1. The summed E-state index contributed by atoms with van der Waals surface area (Å²) in [4.78, 5) is 2.01. The first-order chi connectivity index (χ1) is 11.8. The minimum atomic E-state index is -3.72. The first kappa shape index (κ1) is 18.1. The molecule has 1 aliphatic rings. The summed E-state index contributed by atoms with van der Waals surface area (Å²) in [5, 5.41) is -0.950. The quantitative estimate of drug-likeness (QED) is 0.792. The Hall–Kier alpha value is -1.70. The molecule has 1 saturated heterocycles. The van der Waals surface area contributed by atoms with E-state index in [1.807, 2.05) is 35.2 Å². The van der Waals surface area contributed by atoms with Crippen molar-refractivity contribution < 1.29 is 16.8 Å². The summed E-state index contributed by atoms with van der Waals surface area (Å²) in [5.41, 5.74) is 1.02. The molecule has 1 fully saturated rings. The maximum atomic E-state index is 13.0. The second-order valence-corrected chi connectivity index (χ2v) is 10.8. The molecular formula is C18H21NO4S2. The van der Waals surface area contributed by atoms with Gasteiger partial charge in [0.2, 0.25) is 0 Å². The van der Waals surface area contributed by atoms with Gasteiger partial charge in [-0.05, 0) is 24.7 Å². The molecule has 2 aromatic rings. The minimum absolute atomic E-state index is 0.132. The largest absolute Gasteiger partial charge is 0.297 e. The molecule has 0 bridgehead atoms. The molecule has 7 heteroatoms. The Labute approximate surface area is 149 Å². The number of nitrogens with zero attached hydrogens (tertiary/aromatic N) is 1. The summed E-state index contributed by atoms with van der Waals surface area (Å²) in [6.07, 6.45) is 0. The molecule has 0 spiro atoms. The van der Waals surface area contributed by atoms with Crippen molar-refractivity contribution in [2.45, 2.75) is 22.7 Å². The average molecular weight is 380 g/mol. The molecule has 0 unspecified atom stereocenters. The van der Waals surface area contributed by atoms with Gasteiger partial charge in [0.05, 0.1) is 21.7 Å². The zero-order valence-corrected chi connectivity index (χ0v) is 15.6. The molecule has 5 nitrogen and oxygen atoms in total. The smallest absolute Gasteiger partial charge is 0.183 e. The van der Waals surface area contributed by atoms with Crippen LogP contribution in [0.25, 0.3) is 0 Å². The van der Waals surface area contributed by atoms with Gasteiger partial charge in [-0.25, -0.2) is 16.8 Å². The molecule has 1 heterocycles. The van der Waals surface area contributed by atoms with E-state index in [-0.39, 0.29) is 16.4 Å². The molecule has 0 radical (unpaired) electrons. The van der Waals surface area contributed by atoms with Crippen LogP contribution in [0.1, 0.15) is 5.56 Å². The maximum absolute atomic E-state index is 13.0. The Balaban J connectivity index is 1.91. The third-order valence-corrected chi connectivity index (χ3v) is 8.72. The molecule has 0 aliphatic carbocycles. The van der Waals surface area contributed by atoms with Crippen LogP contribution in [0.4, 0.5) is 0 Å². The predicted molar refractivity (Wildman–Crippen MR) is 97.8 cm³/mol. The summed E-state index contributed by atoms with van der Waals surface area (Å²) >= 11 is 0. The van der Waals surface area contributed by atoms with E-state index < -0.39 is 31.0 Å². The Morgan fingerprint density at radius 3 is 2.12 bits per heavy atom. The van der Waals surface area contributed by atoms with Gasteiger partial charge in [-0.1, -0.05) is 48.5 Å². The Bertz CT molecular complexity index is 926. The number of rotatable bonds is 5. The molecule has 25 heavy (non-hydrogen) atoms. The lowest BCUT2D eigenvalue weighted by Gasteiger charge is -2.28. The summed E-state index contributed by atoms with van der Waals surface area (Å²) in [6, 6.07) is 17.1. The highest BCUT2D eigenvalue weighted by Crippen LogP contribution is 2.29. The minimum Gasteiger partial charge on any atom is -0.297 e. The van der Waals surface area contributed by atoms with E-state index in [0.29, 0.717) is 6.54 Å². The predicted octanol–water partition coefficient (Wildman–Crippen LogP) is 1.76. The number of benzene rings is 2. The highest BCUT2D eigenvalue weighted by Gasteiger charge is 2.47. The third-order valence-electron chi connectivity index (χ3n) is 4.58. The van der Waals surface area contributed by atoms with Crippen molar-refractivity contribution in [1.29, 1.82) is 0 Å². The van der Waals surface area contributed by atoms with Crippen molar-refractivity contribution in [3.8, 4) is 0 Å². The molecule has 134 valence electrons. The van der Waals surface area contributed by atoms with Crippen LogP contribution in [-0.2, 0) is 26.2 Å². The molecule has 3 rings (SSSR count). The fourth-order valence-electron chi connectivity index (χ4n) is 3.28. The lowest BCUT2D eigenvalue weighted by Crippen LogP contribution is -2.44. The summed E-state index contributed by atoms with van der Waals surface area (Å²) in [6.45, 7) is 0.502. The van der Waals surface area contributed by atoms with Gasteiger partial charge in [0.25, 0.3) is 0 Å². The number of sulfone groups is 2. The van der Waals surface area contributed by atoms with Crippen LogP contribution in [0.2, 0.25) is 0 Å². The van der Waals surface area contributed by atoms with E-state index in [1.165, 1.54) is 12.1 Å². The van der Waals surface area contributed by atoms with E-state index in [1.54, 1.807) is 25.2 Å². The van der Waals surface area contributed by atoms with Crippen molar-refractivity contribution in [3.63, 3.8) is 0 Å². The van der Waals surface area contributed by atoms with Crippen LogP contribution in [0.3, 0.4) is 0 Å². The monoisotopic (exact) mass is 379 g/mol. The molecule has 2 atom stereocenters. The third kappa shape index (κ3) is 3.94. The normalized spacial score (nSPS) is 23.0. The van der Waals surface area contributed by atoms with E-state index in [4.69, 9.17) is 0 Å². The second kappa shape index (κ2) is 6.90. The highest BCUT2D eigenvalue weighted by atomic mass is 32.2. The van der Waals surface area contributed by atoms with E-state index in [9.17, 15) is 16.8 Å². The summed E-state index contributed by atoms with van der Waals surface area (Å²) < 4.78 is 50.4. The van der Waals surface area contributed by atoms with Crippen LogP contribution in [0, 0.1) is 0 Å². The number of hydrogen-bond acceptors (Lipinski definition) is 5. The number of hydrogen-bond donors (Lipinski definition) is 0. The van der Waals surface area contributed by atoms with Crippen LogP contribution >= 0.6 is 0 Å². The Kier molecular flexibility index (Phi) is 4.99. The zero-order valence-electron chi connectivity index (χ0n) is 13.9. The zero-order chi connectivity index (χ0) is 18.1. The van der Waals surface area contributed by atoms with Crippen molar-refractivity contribution in [2.24, 2.45) is 0 Å². The average Bonchev–Trinajstić information content (AvgIpc) is 2.93. The lowest BCUT2D eigenvalue weighted by atomic mass is 10.1. The van der Waals surface area contributed by atoms with E-state index >= 15 is 0 Å². The molecule has 0 N–H and O–H groups in total. The molecule has 2 aromatic carbocycles. The second-order valence-electron chi connectivity index (χ2n) is 6.44. The van der Waals surface area contributed by atoms with Gasteiger partial charge in [0.1, 0.15) is 0 Å². The van der Waals surface area contributed by atoms with E-state index in [2.05, 4.69) is 0 Å². The van der Waals surface area contributed by atoms with Gasteiger partial charge >= 0.3 is 0 Å². The van der Waals surface area contributed by atoms with Crippen LogP contribution < -0.4 is 0 Å². The molecule has 1 aliphatic heterocycles. The van der Waals surface area contributed by atoms with Gasteiger partial charge in [0, 0.05) is 12.6 Å².